The van der Waals surface area contributed by atoms with E-state index in [0.717, 1.165) is 6.92 Å². The van der Waals surface area contributed by atoms with Gasteiger partial charge in [0.15, 0.2) is 0 Å². The number of aliphatic hydroxyl groups excluding tert-OH is 1. The minimum absolute atomic E-state index is 0.0651. The zero-order chi connectivity index (χ0) is 88.2. The van der Waals surface area contributed by atoms with Crippen LogP contribution in [-0.4, -0.2) is 259 Å². The van der Waals surface area contributed by atoms with Crippen LogP contribution in [0.2, 0.25) is 0 Å². The second-order valence-electron chi connectivity index (χ2n) is 27.2. The Hall–Kier alpha value is -12.1. The van der Waals surface area contributed by atoms with Crippen molar-refractivity contribution in [3.63, 3.8) is 0 Å². The summed E-state index contributed by atoms with van der Waals surface area (Å²) in [7, 11) is 0. The summed E-state index contributed by atoms with van der Waals surface area (Å²) in [5, 5.41) is 73.7. The van der Waals surface area contributed by atoms with Crippen molar-refractivity contribution < 1.29 is 112 Å². The van der Waals surface area contributed by atoms with Crippen LogP contribution >= 0.6 is 37.0 Å². The van der Waals surface area contributed by atoms with E-state index in [1.54, 1.807) is 48.7 Å². The molecule has 3 aromatic carbocycles. The number of aromatic amines is 1. The van der Waals surface area contributed by atoms with E-state index in [2.05, 4.69) is 105 Å². The molecular weight excluding hydrogens is 1610 g/mol. The number of hydrogen-bond donors (Lipinski definition) is 25. The summed E-state index contributed by atoms with van der Waals surface area (Å²) in [6.07, 6.45) is -3.73. The molecule has 0 saturated carbocycles. The van der Waals surface area contributed by atoms with Crippen LogP contribution in [-0.2, 0) is 110 Å². The highest BCUT2D eigenvalue weighted by atomic mass is 32.2. The van der Waals surface area contributed by atoms with E-state index in [1.807, 2.05) is 0 Å². The molecule has 0 aliphatic carbocycles. The molecule has 15 atom stereocenters. The molecule has 0 saturated heterocycles. The summed E-state index contributed by atoms with van der Waals surface area (Å²) in [4.78, 5) is 257. The fraction of sp³-hybridized carbons (Fsp3) is 0.466. The first-order valence-electron chi connectivity index (χ1n) is 36.7. The van der Waals surface area contributed by atoms with Crippen LogP contribution in [0.15, 0.2) is 85.1 Å². The van der Waals surface area contributed by atoms with Crippen LogP contribution in [0, 0.1) is 0 Å². The van der Waals surface area contributed by atoms with Gasteiger partial charge in [0.1, 0.15) is 84.3 Å². The zero-order valence-corrected chi connectivity index (χ0v) is 67.4. The predicted molar refractivity (Wildman–Crippen MR) is 430 cm³/mol. The molecular formula is C73H101N19O23S3. The van der Waals surface area contributed by atoms with Crippen molar-refractivity contribution in [2.75, 3.05) is 30.1 Å². The van der Waals surface area contributed by atoms with Gasteiger partial charge in [-0.25, -0.2) is 4.79 Å². The van der Waals surface area contributed by atoms with Crippen LogP contribution in [0.4, 0.5) is 0 Å². The molecule has 4 rings (SSSR count). The zero-order valence-electron chi connectivity index (χ0n) is 64.8. The number of rotatable bonds is 51. The van der Waals surface area contributed by atoms with Gasteiger partial charge >= 0.3 is 11.9 Å². The van der Waals surface area contributed by atoms with E-state index in [1.165, 1.54) is 75.1 Å². The van der Waals surface area contributed by atoms with Crippen molar-refractivity contribution in [2.24, 2.45) is 22.9 Å². The lowest BCUT2D eigenvalue weighted by molar-refractivity contribution is -0.142. The first kappa shape index (κ1) is 98.3. The minimum Gasteiger partial charge on any atom is -0.508 e. The Kier molecular flexibility index (Phi) is 40.9. The topological polar surface area (TPSA) is 694 Å². The summed E-state index contributed by atoms with van der Waals surface area (Å²) in [5.41, 5.74) is 23.7. The summed E-state index contributed by atoms with van der Waals surface area (Å²) in [6, 6.07) is -2.35. The van der Waals surface area contributed by atoms with Crippen molar-refractivity contribution in [1.82, 2.24) is 79.4 Å². The number of fused-ring (bicyclic) bond motifs is 1. The Balaban J connectivity index is 1.53. The van der Waals surface area contributed by atoms with Gasteiger partial charge in [0.25, 0.3) is 0 Å². The molecule has 4 aromatic rings. The highest BCUT2D eigenvalue weighted by molar-refractivity contribution is 7.98. The number of aliphatic carboxylic acids is 2. The molecule has 0 aliphatic heterocycles. The molecule has 17 amide bonds. The summed E-state index contributed by atoms with van der Waals surface area (Å²) < 4.78 is 0. The molecule has 1 heterocycles. The van der Waals surface area contributed by atoms with E-state index in [0.29, 0.717) is 27.6 Å². The number of primary amides is 3. The van der Waals surface area contributed by atoms with E-state index in [9.17, 15) is 112 Å². The molecule has 0 radical (unpaired) electrons. The summed E-state index contributed by atoms with van der Waals surface area (Å²) in [6.45, 7) is 3.72. The number of thiol groups is 2. The van der Waals surface area contributed by atoms with Gasteiger partial charge < -0.3 is 123 Å². The molecule has 1 aromatic heterocycles. The quantitative estimate of drug-likeness (QED) is 0.0183. The van der Waals surface area contributed by atoms with Crippen LogP contribution in [0.25, 0.3) is 10.9 Å². The third-order valence-electron chi connectivity index (χ3n) is 17.7. The van der Waals surface area contributed by atoms with Gasteiger partial charge in [0, 0.05) is 60.7 Å². The number of carboxylic acids is 2. The van der Waals surface area contributed by atoms with Gasteiger partial charge in [0.05, 0.1) is 31.5 Å². The van der Waals surface area contributed by atoms with E-state index in [4.69, 9.17) is 22.9 Å². The number of H-pyrrole nitrogens is 1. The first-order valence-corrected chi connectivity index (χ1v) is 39.3. The Bertz CT molecular complexity index is 4260. The SMILES string of the molecule is CSCC[C@H](NC(=O)[C@@H](NC(=O)[C@H](CC(N)=O)NC(=O)CNC(=O)[C@H](Cc1ccccc1)NC(=O)[C@H](CC(=O)O)NC(=O)[C@H](Cc1c[nH]c2ccccc12)NC(=O)[C@H](CCC(N)=O)NC(=O)[C@H](C)NC(=O)[C@H](C)NC(=O)[C@H](C)NC(=O)[C@H](Cc1ccc(O)cc1)NC(=O)[C@@H](N)CS)[C@@H](C)O)C(=O)N[C@@H](CS)C(=O)N[C@@H](CCC(N)=O)C(=O)O. The molecule has 0 aliphatic rings. The lowest BCUT2D eigenvalue weighted by Crippen LogP contribution is -2.61. The number of aliphatic hydroxyl groups is 1. The fourth-order valence-electron chi connectivity index (χ4n) is 11.1. The van der Waals surface area contributed by atoms with Crippen molar-refractivity contribution in [3.05, 3.63) is 102 Å². The maximum atomic E-state index is 14.8. The van der Waals surface area contributed by atoms with Crippen LogP contribution in [0.1, 0.15) is 89.3 Å². The number of nitrogens with two attached hydrogens (primary N) is 4. The van der Waals surface area contributed by atoms with Gasteiger partial charge in [-0.05, 0) is 93.9 Å². The molecule has 0 fully saturated rings. The highest BCUT2D eigenvalue weighted by Crippen LogP contribution is 2.21. The van der Waals surface area contributed by atoms with Gasteiger partial charge in [-0.2, -0.15) is 37.0 Å². The largest absolute Gasteiger partial charge is 0.508 e. The van der Waals surface area contributed by atoms with Crippen LogP contribution < -0.4 is 97.4 Å². The molecule has 0 unspecified atom stereocenters. The van der Waals surface area contributed by atoms with Crippen molar-refractivity contribution >= 4 is 160 Å². The number of aromatic hydroxyl groups is 1. The van der Waals surface area contributed by atoms with Gasteiger partial charge in [-0.3, -0.25) is 86.3 Å². The monoisotopic (exact) mass is 1710 g/mol. The van der Waals surface area contributed by atoms with Crippen molar-refractivity contribution in [3.8, 4) is 5.75 Å². The molecule has 0 bridgehead atoms. The predicted octanol–water partition coefficient (Wildman–Crippen LogP) is -7.33. The number of hydrogen-bond acceptors (Lipinski definition) is 25. The average Bonchev–Trinajstić information content (AvgIpc) is 1.66. The fourth-order valence-corrected chi connectivity index (χ4v) is 12.0. The molecule has 0 spiro atoms. The second-order valence-corrected chi connectivity index (χ2v) is 29.0. The highest BCUT2D eigenvalue weighted by Gasteiger charge is 2.38. The Morgan fingerprint density at radius 1 is 0.432 bits per heavy atom. The lowest BCUT2D eigenvalue weighted by atomic mass is 10.0. The molecule has 118 heavy (non-hydrogen) atoms. The smallest absolute Gasteiger partial charge is 0.326 e. The van der Waals surface area contributed by atoms with Gasteiger partial charge in [-0.15, -0.1) is 0 Å². The Labute approximate surface area is 691 Å². The first-order chi connectivity index (χ1) is 55.6. The van der Waals surface area contributed by atoms with Gasteiger partial charge in [-0.1, -0.05) is 60.7 Å². The standard InChI is InChI=1S/C73H101N19O23S3/c1-34(80-61(102)35(2)82-67(108)49(87-63(104)43(74)32-116)26-39-15-17-41(94)18-16-39)60(101)81-36(3)62(103)84-45(19-21-54(75)95)65(106)89-50(27-40-30-78-44-14-10-9-13-42(40)44)68(109)90-52(29-58(99)100)69(110)88-48(25-38-11-7-6-8-12-38)64(105)79-31-57(98)83-51(28-56(77)97)70(111)92-59(37(4)93)72(113)85-46(23-24-118-5)66(107)91-53(33-117)71(112)86-47(73(114)115)20-22-55(76)96/h6-18,30,34-37,43,45-53,59,78,93-94,116-117H,19-29,31-33,74H2,1-5H3,(H2,75,95)(H2,76,96)(H2,77,97)(H,79,105)(H,80,102)(H,81,101)(H,82,108)(H,83,98)(H,84,103)(H,85,113)(H,86,112)(H,87,104)(H,88,110)(H,89,106)(H,90,109)(H,91,107)(H,92,111)(H,99,100)(H,114,115)/t34-,35-,36-,37+,43-,45-,46-,47-,48-,49-,50-,51-,52-,53-,59-/m0/s1. The van der Waals surface area contributed by atoms with Gasteiger partial charge in [0.2, 0.25) is 100 Å². The van der Waals surface area contributed by atoms with Crippen molar-refractivity contribution in [2.45, 2.75) is 183 Å². The summed E-state index contributed by atoms with van der Waals surface area (Å²) in [5.74, 6) is -21.7. The normalized spacial score (nSPS) is 14.8. The summed E-state index contributed by atoms with van der Waals surface area (Å²) >= 11 is 9.33. The minimum atomic E-state index is -2.09. The number of benzene rings is 3. The van der Waals surface area contributed by atoms with Crippen LogP contribution in [0.5, 0.6) is 5.75 Å². The van der Waals surface area contributed by atoms with E-state index < -0.39 is 260 Å². The third-order valence-corrected chi connectivity index (χ3v) is 19.1. The molecule has 644 valence electrons. The number of carboxylic acid groups (broad SMARTS) is 2. The molecule has 27 N–H and O–H groups in total. The maximum absolute atomic E-state index is 14.8. The number of carbonyl (C=O) groups excluding carboxylic acids is 17. The number of amides is 17. The maximum Gasteiger partial charge on any atom is 0.326 e. The Morgan fingerprint density at radius 3 is 1.39 bits per heavy atom. The number of nitrogens with one attached hydrogen (secondary N) is 15. The van der Waals surface area contributed by atoms with E-state index in [-0.39, 0.29) is 36.5 Å². The molecule has 45 heteroatoms. The number of carbonyl (C=O) groups is 19. The van der Waals surface area contributed by atoms with E-state index >= 15 is 0 Å². The lowest BCUT2D eigenvalue weighted by Gasteiger charge is -2.27. The van der Waals surface area contributed by atoms with Crippen LogP contribution in [0.3, 0.4) is 0 Å². The average molecular weight is 1710 g/mol. The van der Waals surface area contributed by atoms with Crippen molar-refractivity contribution in [1.29, 1.82) is 0 Å². The number of thioether (sulfide) groups is 1. The number of aromatic nitrogens is 1. The number of phenolic OH excluding ortho intramolecular Hbond substituents is 1. The number of para-hydroxylation sites is 1. The Morgan fingerprint density at radius 2 is 0.856 bits per heavy atom. The molecule has 42 nitrogen and oxygen atoms in total. The number of phenols is 1. The third kappa shape index (κ3) is 33.6. The second kappa shape index (κ2) is 49.1.